The third-order valence-electron chi connectivity index (χ3n) is 4.83. The van der Waals surface area contributed by atoms with E-state index >= 15 is 0 Å². The van der Waals surface area contributed by atoms with Crippen LogP contribution < -0.4 is 0 Å². The van der Waals surface area contributed by atoms with E-state index in [1.807, 2.05) is 13.8 Å². The molecular weight excluding hydrogens is 308 g/mol. The molecule has 1 unspecified atom stereocenters. The second-order valence-electron chi connectivity index (χ2n) is 7.19. The second kappa shape index (κ2) is 11.7. The summed E-state index contributed by atoms with van der Waals surface area (Å²) in [7, 11) is 0. The van der Waals surface area contributed by atoms with E-state index in [0.29, 0.717) is 25.7 Å². The molecule has 0 amide bonds. The summed E-state index contributed by atoms with van der Waals surface area (Å²) in [5.41, 5.74) is -1.01. The van der Waals surface area contributed by atoms with Gasteiger partial charge in [0, 0.05) is 24.4 Å². The Morgan fingerprint density at radius 3 is 2.08 bits per heavy atom. The highest BCUT2D eigenvalue weighted by Crippen LogP contribution is 2.32. The van der Waals surface area contributed by atoms with Gasteiger partial charge in [-0.1, -0.05) is 35.1 Å². The minimum Gasteiger partial charge on any atom is -0.396 e. The fourth-order valence-corrected chi connectivity index (χ4v) is 2.95. The van der Waals surface area contributed by atoms with Crippen molar-refractivity contribution in [3.63, 3.8) is 0 Å². The summed E-state index contributed by atoms with van der Waals surface area (Å²) in [6, 6.07) is 0. The van der Waals surface area contributed by atoms with Gasteiger partial charge in [-0.05, 0) is 38.5 Å². The second-order valence-corrected chi connectivity index (χ2v) is 7.19. The quantitative estimate of drug-likeness (QED) is 0.505. The minimum absolute atomic E-state index is 0. The molecule has 0 radical (unpaired) electrons. The third kappa shape index (κ3) is 7.41. The molecule has 0 bridgehead atoms. The first-order valence-corrected chi connectivity index (χ1v) is 8.60. The van der Waals surface area contributed by atoms with E-state index in [-0.39, 0.29) is 37.9 Å². The van der Waals surface area contributed by atoms with Gasteiger partial charge in [-0.25, -0.2) is 0 Å². The van der Waals surface area contributed by atoms with Crippen molar-refractivity contribution in [3.05, 3.63) is 0 Å². The first-order valence-electron chi connectivity index (χ1n) is 8.60. The summed E-state index contributed by atoms with van der Waals surface area (Å²) in [6.07, 6.45) is 0.780. The molecule has 0 aromatic rings. The Morgan fingerprint density at radius 2 is 1.67 bits per heavy atom. The van der Waals surface area contributed by atoms with Crippen LogP contribution in [0.2, 0.25) is 0 Å². The van der Waals surface area contributed by atoms with Crippen LogP contribution in [-0.2, 0) is 9.59 Å². The van der Waals surface area contributed by atoms with Gasteiger partial charge in [0.25, 0.3) is 0 Å². The van der Waals surface area contributed by atoms with Crippen LogP contribution in [0.15, 0.2) is 0 Å². The molecule has 0 saturated heterocycles. The highest BCUT2D eigenvalue weighted by molar-refractivity contribution is 5.87. The summed E-state index contributed by atoms with van der Waals surface area (Å²) in [5, 5.41) is 29.6. The fraction of sp³-hybridized carbons (Fsp3) is 0.895. The number of Topliss-reactive ketones (excluding diaryl/α,β-unsaturated/α-hetero) is 2. The van der Waals surface area contributed by atoms with E-state index in [9.17, 15) is 19.8 Å². The SMILES string of the molecule is C.CC[C@@H](C(=O)C(C)(C)[C@@H](O)CCO)C(O)[C@@H](C)CCCC(C)=O. The van der Waals surface area contributed by atoms with Crippen molar-refractivity contribution < 1.29 is 24.9 Å². The zero-order chi connectivity index (χ0) is 18.2. The van der Waals surface area contributed by atoms with Crippen molar-refractivity contribution in [2.24, 2.45) is 17.3 Å². The fourth-order valence-electron chi connectivity index (χ4n) is 2.95. The van der Waals surface area contributed by atoms with Crippen molar-refractivity contribution >= 4 is 11.6 Å². The predicted octanol–water partition coefficient (Wildman–Crippen LogP) is 2.74. The van der Waals surface area contributed by atoms with Gasteiger partial charge in [-0.2, -0.15) is 0 Å². The molecule has 0 aliphatic rings. The van der Waals surface area contributed by atoms with Crippen LogP contribution in [0.4, 0.5) is 0 Å². The highest BCUT2D eigenvalue weighted by Gasteiger charge is 2.41. The van der Waals surface area contributed by atoms with Gasteiger partial charge in [0.1, 0.15) is 11.6 Å². The molecule has 0 heterocycles. The maximum absolute atomic E-state index is 12.8. The van der Waals surface area contributed by atoms with E-state index in [1.165, 1.54) is 0 Å². The Kier molecular flexibility index (Phi) is 12.4. The Balaban J connectivity index is 0. The van der Waals surface area contributed by atoms with Gasteiger partial charge in [0.2, 0.25) is 0 Å². The summed E-state index contributed by atoms with van der Waals surface area (Å²) >= 11 is 0. The zero-order valence-corrected chi connectivity index (χ0v) is 15.2. The van der Waals surface area contributed by atoms with Crippen LogP contribution in [0.25, 0.3) is 0 Å². The standard InChI is InChI=1S/C18H34O5.CH4/c1-6-14(16(22)12(2)8-7-9-13(3)20)17(23)18(4,5)15(21)10-11-19;/h12,14-16,19,21-22H,6-11H2,1-5H3;1H4/t12-,14+,15-,16?;/m0./s1. The van der Waals surface area contributed by atoms with Crippen molar-refractivity contribution in [1.29, 1.82) is 0 Å². The topological polar surface area (TPSA) is 94.8 Å². The molecule has 0 aromatic heterocycles. The molecule has 0 aliphatic heterocycles. The largest absolute Gasteiger partial charge is 0.396 e. The Hall–Kier alpha value is -0.780. The van der Waals surface area contributed by atoms with Gasteiger partial charge in [-0.3, -0.25) is 4.79 Å². The van der Waals surface area contributed by atoms with Crippen molar-refractivity contribution in [2.75, 3.05) is 6.61 Å². The average molecular weight is 347 g/mol. The van der Waals surface area contributed by atoms with E-state index in [0.717, 1.165) is 0 Å². The summed E-state index contributed by atoms with van der Waals surface area (Å²) in [4.78, 5) is 23.8. The zero-order valence-electron chi connectivity index (χ0n) is 15.2. The lowest BCUT2D eigenvalue weighted by molar-refractivity contribution is -0.143. The summed E-state index contributed by atoms with van der Waals surface area (Å²) in [5.74, 6) is -0.686. The average Bonchev–Trinajstić information content (AvgIpc) is 2.47. The van der Waals surface area contributed by atoms with Crippen LogP contribution in [0.5, 0.6) is 0 Å². The number of carbonyl (C=O) groups excluding carboxylic acids is 2. The Morgan fingerprint density at radius 1 is 1.12 bits per heavy atom. The van der Waals surface area contributed by atoms with Gasteiger partial charge < -0.3 is 20.1 Å². The monoisotopic (exact) mass is 346 g/mol. The molecule has 3 N–H and O–H groups in total. The number of ketones is 2. The first kappa shape index (κ1) is 25.5. The normalized spacial score (nSPS) is 16.7. The van der Waals surface area contributed by atoms with Gasteiger partial charge in [0.15, 0.2) is 0 Å². The molecule has 0 aliphatic carbocycles. The lowest BCUT2D eigenvalue weighted by atomic mass is 9.71. The molecular formula is C19H38O5. The molecule has 5 heteroatoms. The highest BCUT2D eigenvalue weighted by atomic mass is 16.3. The van der Waals surface area contributed by atoms with E-state index in [4.69, 9.17) is 5.11 Å². The molecule has 144 valence electrons. The smallest absolute Gasteiger partial charge is 0.146 e. The molecule has 24 heavy (non-hydrogen) atoms. The number of carbonyl (C=O) groups is 2. The lowest BCUT2D eigenvalue weighted by Gasteiger charge is -2.35. The van der Waals surface area contributed by atoms with E-state index < -0.39 is 23.5 Å². The Labute approximate surface area is 147 Å². The molecule has 0 aromatic carbocycles. The molecule has 0 fully saturated rings. The van der Waals surface area contributed by atoms with Crippen LogP contribution in [0, 0.1) is 17.3 Å². The van der Waals surface area contributed by atoms with Crippen LogP contribution >= 0.6 is 0 Å². The minimum atomic E-state index is -1.01. The Bertz CT molecular complexity index is 378. The number of hydrogen-bond acceptors (Lipinski definition) is 5. The number of aliphatic hydroxyl groups is 3. The van der Waals surface area contributed by atoms with Crippen LogP contribution in [-0.4, -0.2) is 45.7 Å². The summed E-state index contributed by atoms with van der Waals surface area (Å²) < 4.78 is 0. The van der Waals surface area contributed by atoms with Crippen LogP contribution in [0.3, 0.4) is 0 Å². The predicted molar refractivity (Wildman–Crippen MR) is 96.7 cm³/mol. The maximum atomic E-state index is 12.8. The van der Waals surface area contributed by atoms with E-state index in [2.05, 4.69) is 0 Å². The molecule has 0 spiro atoms. The maximum Gasteiger partial charge on any atom is 0.146 e. The molecule has 0 rings (SSSR count). The molecule has 5 nitrogen and oxygen atoms in total. The van der Waals surface area contributed by atoms with Gasteiger partial charge in [-0.15, -0.1) is 0 Å². The third-order valence-corrected chi connectivity index (χ3v) is 4.83. The molecule has 4 atom stereocenters. The van der Waals surface area contributed by atoms with Crippen molar-refractivity contribution in [1.82, 2.24) is 0 Å². The molecule has 0 saturated carbocycles. The van der Waals surface area contributed by atoms with Gasteiger partial charge in [0.05, 0.1) is 12.2 Å². The van der Waals surface area contributed by atoms with Crippen molar-refractivity contribution in [3.8, 4) is 0 Å². The number of hydrogen-bond donors (Lipinski definition) is 3. The van der Waals surface area contributed by atoms with Crippen molar-refractivity contribution in [2.45, 2.75) is 86.4 Å². The number of rotatable bonds is 12. The van der Waals surface area contributed by atoms with Gasteiger partial charge >= 0.3 is 0 Å². The lowest BCUT2D eigenvalue weighted by Crippen LogP contribution is -2.45. The van der Waals surface area contributed by atoms with Crippen LogP contribution in [0.1, 0.15) is 74.1 Å². The first-order chi connectivity index (χ1) is 10.6. The number of aliphatic hydroxyl groups excluding tert-OH is 3. The summed E-state index contributed by atoms with van der Waals surface area (Å²) in [6.45, 7) is 8.42. The van der Waals surface area contributed by atoms with E-state index in [1.54, 1.807) is 20.8 Å².